The lowest BCUT2D eigenvalue weighted by Gasteiger charge is -2.02. The number of aromatic amines is 2. The number of nitrogens with zero attached hydrogens (tertiary/aromatic N) is 1. The van der Waals surface area contributed by atoms with E-state index in [1.807, 2.05) is 24.3 Å². The van der Waals surface area contributed by atoms with Crippen molar-refractivity contribution in [3.05, 3.63) is 45.6 Å². The first kappa shape index (κ1) is 9.23. The molecule has 0 aliphatic heterocycles. The highest BCUT2D eigenvalue weighted by Crippen LogP contribution is 2.17. The maximum Gasteiger partial charge on any atom is 0.259 e. The first-order chi connectivity index (χ1) is 7.75. The molecule has 2 aromatic heterocycles. The molecular formula is C11H7N3OS. The van der Waals surface area contributed by atoms with Gasteiger partial charge in [0.1, 0.15) is 0 Å². The minimum absolute atomic E-state index is 0.160. The van der Waals surface area contributed by atoms with Gasteiger partial charge in [-0.1, -0.05) is 18.2 Å². The molecule has 3 rings (SSSR count). The van der Waals surface area contributed by atoms with Crippen molar-refractivity contribution < 1.29 is 0 Å². The average molecular weight is 229 g/mol. The summed E-state index contributed by atoms with van der Waals surface area (Å²) >= 11 is 4.97. The van der Waals surface area contributed by atoms with E-state index in [0.29, 0.717) is 10.2 Å². The van der Waals surface area contributed by atoms with E-state index in [0.717, 1.165) is 16.4 Å². The molecule has 3 aromatic rings. The van der Waals surface area contributed by atoms with Crippen LogP contribution in [0.4, 0.5) is 0 Å². The molecule has 0 fully saturated rings. The zero-order chi connectivity index (χ0) is 11.1. The fourth-order valence-corrected chi connectivity index (χ4v) is 1.93. The predicted octanol–water partition coefficient (Wildman–Crippen LogP) is 2.13. The van der Waals surface area contributed by atoms with Gasteiger partial charge in [-0.05, 0) is 18.3 Å². The number of benzene rings is 1. The van der Waals surface area contributed by atoms with E-state index >= 15 is 0 Å². The number of H-pyrrole nitrogens is 2. The Hall–Kier alpha value is -2.01. The summed E-state index contributed by atoms with van der Waals surface area (Å²) in [5.74, 6) is 0. The second kappa shape index (κ2) is 3.24. The third-order valence-electron chi connectivity index (χ3n) is 2.50. The second-order valence-corrected chi connectivity index (χ2v) is 3.86. The van der Waals surface area contributed by atoms with Gasteiger partial charge in [0.25, 0.3) is 5.56 Å². The third kappa shape index (κ3) is 1.25. The van der Waals surface area contributed by atoms with Crippen LogP contribution in [0.25, 0.3) is 21.8 Å². The van der Waals surface area contributed by atoms with Crippen LogP contribution in [0.5, 0.6) is 0 Å². The Bertz CT molecular complexity index is 803. The molecular weight excluding hydrogens is 222 g/mol. The van der Waals surface area contributed by atoms with Crippen LogP contribution in [0.2, 0.25) is 0 Å². The van der Waals surface area contributed by atoms with Crippen molar-refractivity contribution in [1.29, 1.82) is 0 Å². The molecule has 2 heterocycles. The largest absolute Gasteiger partial charge is 0.330 e. The monoisotopic (exact) mass is 229 g/mol. The first-order valence-electron chi connectivity index (χ1n) is 4.76. The molecule has 0 unspecified atom stereocenters. The third-order valence-corrected chi connectivity index (χ3v) is 2.71. The van der Waals surface area contributed by atoms with Gasteiger partial charge in [0, 0.05) is 11.6 Å². The molecule has 0 spiro atoms. The highest BCUT2D eigenvalue weighted by molar-refractivity contribution is 7.71. The van der Waals surface area contributed by atoms with Crippen molar-refractivity contribution >= 4 is 34.0 Å². The Labute approximate surface area is 95.0 Å². The Morgan fingerprint density at radius 3 is 2.81 bits per heavy atom. The fourth-order valence-electron chi connectivity index (χ4n) is 1.78. The van der Waals surface area contributed by atoms with Crippen molar-refractivity contribution in [2.75, 3.05) is 0 Å². The van der Waals surface area contributed by atoms with E-state index in [9.17, 15) is 4.79 Å². The minimum Gasteiger partial charge on any atom is -0.330 e. The van der Waals surface area contributed by atoms with Gasteiger partial charge in [-0.3, -0.25) is 4.79 Å². The predicted molar refractivity (Wildman–Crippen MR) is 65.1 cm³/mol. The number of pyridine rings is 1. The highest BCUT2D eigenvalue weighted by atomic mass is 32.1. The summed E-state index contributed by atoms with van der Waals surface area (Å²) in [6.07, 6.45) is 1.50. The summed E-state index contributed by atoms with van der Waals surface area (Å²) in [4.78, 5) is 21.4. The molecule has 0 aliphatic rings. The van der Waals surface area contributed by atoms with Gasteiger partial charge in [-0.25, -0.2) is 4.98 Å². The lowest BCUT2D eigenvalue weighted by molar-refractivity contribution is 1.17. The van der Waals surface area contributed by atoms with Gasteiger partial charge >= 0.3 is 0 Å². The summed E-state index contributed by atoms with van der Waals surface area (Å²) in [6, 6.07) is 7.57. The summed E-state index contributed by atoms with van der Waals surface area (Å²) in [7, 11) is 0. The van der Waals surface area contributed by atoms with E-state index in [1.165, 1.54) is 6.20 Å². The summed E-state index contributed by atoms with van der Waals surface area (Å²) in [6.45, 7) is 0. The van der Waals surface area contributed by atoms with Gasteiger partial charge < -0.3 is 9.97 Å². The Balaban J connectivity index is 2.72. The fraction of sp³-hybridized carbons (Fsp3) is 0. The Kier molecular flexibility index (Phi) is 1.87. The van der Waals surface area contributed by atoms with E-state index in [1.54, 1.807) is 0 Å². The number of hydrogen-bond donors (Lipinski definition) is 2. The zero-order valence-electron chi connectivity index (χ0n) is 8.15. The molecule has 0 atom stereocenters. The van der Waals surface area contributed by atoms with E-state index in [4.69, 9.17) is 12.2 Å². The molecule has 4 nitrogen and oxygen atoms in total. The lowest BCUT2D eigenvalue weighted by Crippen LogP contribution is -2.07. The minimum atomic E-state index is -0.160. The van der Waals surface area contributed by atoms with Crippen LogP contribution in [-0.2, 0) is 0 Å². The van der Waals surface area contributed by atoms with Crippen LogP contribution in [0.15, 0.2) is 35.3 Å². The topological polar surface area (TPSA) is 61.5 Å². The molecule has 0 aliphatic carbocycles. The van der Waals surface area contributed by atoms with Gasteiger partial charge in [0.2, 0.25) is 0 Å². The number of aromatic nitrogens is 3. The molecule has 78 valence electrons. The van der Waals surface area contributed by atoms with Crippen molar-refractivity contribution in [2.24, 2.45) is 0 Å². The molecule has 16 heavy (non-hydrogen) atoms. The van der Waals surface area contributed by atoms with Crippen LogP contribution in [0.1, 0.15) is 0 Å². The smallest absolute Gasteiger partial charge is 0.259 e. The van der Waals surface area contributed by atoms with Crippen molar-refractivity contribution in [1.82, 2.24) is 15.0 Å². The van der Waals surface area contributed by atoms with Gasteiger partial charge in [0.15, 0.2) is 4.77 Å². The molecule has 0 saturated heterocycles. The number of fused-ring (bicyclic) bond motifs is 3. The SMILES string of the molecule is O=c1[nH]c2ccccc2c2[nH]c(=S)ncc12. The highest BCUT2D eigenvalue weighted by Gasteiger charge is 2.04. The van der Waals surface area contributed by atoms with Crippen molar-refractivity contribution in [3.8, 4) is 0 Å². The Morgan fingerprint density at radius 2 is 1.94 bits per heavy atom. The molecule has 1 aromatic carbocycles. The van der Waals surface area contributed by atoms with Crippen molar-refractivity contribution in [3.63, 3.8) is 0 Å². The molecule has 2 N–H and O–H groups in total. The van der Waals surface area contributed by atoms with Crippen LogP contribution in [-0.4, -0.2) is 15.0 Å². The van der Waals surface area contributed by atoms with Crippen LogP contribution < -0.4 is 5.56 Å². The van der Waals surface area contributed by atoms with Gasteiger partial charge in [0.05, 0.1) is 16.4 Å². The van der Waals surface area contributed by atoms with Crippen LogP contribution in [0.3, 0.4) is 0 Å². The van der Waals surface area contributed by atoms with Crippen LogP contribution >= 0.6 is 12.2 Å². The molecule has 0 saturated carbocycles. The number of rotatable bonds is 0. The summed E-state index contributed by atoms with van der Waals surface area (Å²) in [5.41, 5.74) is 1.36. The molecule has 0 amide bonds. The molecule has 0 bridgehead atoms. The average Bonchev–Trinajstić information content (AvgIpc) is 2.29. The molecule has 5 heteroatoms. The summed E-state index contributed by atoms with van der Waals surface area (Å²) in [5, 5.41) is 1.46. The standard InChI is InChI=1S/C11H7N3OS/c15-10-7-5-12-11(16)14-9(7)6-3-1-2-4-8(6)13-10/h1-5H,(H,13,15)(H,12,14,16). The van der Waals surface area contributed by atoms with Gasteiger partial charge in [-0.15, -0.1) is 0 Å². The maximum absolute atomic E-state index is 11.8. The maximum atomic E-state index is 11.8. The number of hydrogen-bond acceptors (Lipinski definition) is 3. The number of para-hydroxylation sites is 1. The molecule has 0 radical (unpaired) electrons. The Morgan fingerprint density at radius 1 is 1.12 bits per heavy atom. The summed E-state index contributed by atoms with van der Waals surface area (Å²) < 4.78 is 0.378. The van der Waals surface area contributed by atoms with Gasteiger partial charge in [-0.2, -0.15) is 0 Å². The quantitative estimate of drug-likeness (QED) is 0.458. The number of nitrogens with one attached hydrogen (secondary N) is 2. The zero-order valence-corrected chi connectivity index (χ0v) is 8.97. The van der Waals surface area contributed by atoms with E-state index in [2.05, 4.69) is 15.0 Å². The van der Waals surface area contributed by atoms with E-state index < -0.39 is 0 Å². The lowest BCUT2D eigenvalue weighted by atomic mass is 10.1. The second-order valence-electron chi connectivity index (χ2n) is 3.48. The first-order valence-corrected chi connectivity index (χ1v) is 5.16. The van der Waals surface area contributed by atoms with Crippen molar-refractivity contribution in [2.45, 2.75) is 0 Å². The van der Waals surface area contributed by atoms with E-state index in [-0.39, 0.29) is 5.56 Å². The normalized spacial score (nSPS) is 11.0. The van der Waals surface area contributed by atoms with Crippen LogP contribution in [0, 0.1) is 4.77 Å².